The summed E-state index contributed by atoms with van der Waals surface area (Å²) in [5.41, 5.74) is 1.62. The molecule has 19 heavy (non-hydrogen) atoms. The van der Waals surface area contributed by atoms with E-state index in [4.69, 9.17) is 4.74 Å². The van der Waals surface area contributed by atoms with Crippen LogP contribution in [0.1, 0.15) is 26.2 Å². The average Bonchev–Trinajstić information content (AvgIpc) is 3.18. The van der Waals surface area contributed by atoms with Crippen LogP contribution in [0, 0.1) is 0 Å². The van der Waals surface area contributed by atoms with Gasteiger partial charge in [0.15, 0.2) is 0 Å². The first-order chi connectivity index (χ1) is 8.97. The lowest BCUT2D eigenvalue weighted by Crippen LogP contribution is -2.41. The van der Waals surface area contributed by atoms with Crippen molar-refractivity contribution >= 4 is 13.3 Å². The zero-order valence-electron chi connectivity index (χ0n) is 12.5. The zero-order valence-corrected chi connectivity index (χ0v) is 13.5. The van der Waals surface area contributed by atoms with Crippen LogP contribution >= 0.6 is 0 Å². The highest BCUT2D eigenvalue weighted by Crippen LogP contribution is 2.37. The third-order valence-electron chi connectivity index (χ3n) is 4.38. The van der Waals surface area contributed by atoms with Gasteiger partial charge in [-0.15, -0.1) is 6.58 Å². The first kappa shape index (κ1) is 14.5. The summed E-state index contributed by atoms with van der Waals surface area (Å²) in [7, 11) is -1.37. The minimum atomic E-state index is -1.37. The van der Waals surface area contributed by atoms with Gasteiger partial charge in [-0.05, 0) is 25.3 Å². The molecule has 1 atom stereocenters. The van der Waals surface area contributed by atoms with E-state index in [2.05, 4.69) is 56.9 Å². The van der Waals surface area contributed by atoms with E-state index in [1.807, 2.05) is 0 Å². The molecular weight excluding hydrogens is 248 g/mol. The van der Waals surface area contributed by atoms with E-state index in [-0.39, 0.29) is 5.60 Å². The highest BCUT2D eigenvalue weighted by Gasteiger charge is 2.42. The third kappa shape index (κ3) is 3.80. The van der Waals surface area contributed by atoms with Crippen molar-refractivity contribution < 1.29 is 4.74 Å². The van der Waals surface area contributed by atoms with Gasteiger partial charge in [-0.1, -0.05) is 61.1 Å². The van der Waals surface area contributed by atoms with E-state index in [0.29, 0.717) is 0 Å². The summed E-state index contributed by atoms with van der Waals surface area (Å²) in [4.78, 5) is 0. The van der Waals surface area contributed by atoms with Crippen molar-refractivity contribution in [2.24, 2.45) is 0 Å². The maximum Gasteiger partial charge on any atom is 0.0917 e. The van der Waals surface area contributed by atoms with Gasteiger partial charge in [-0.3, -0.25) is 0 Å². The van der Waals surface area contributed by atoms with Gasteiger partial charge < -0.3 is 4.74 Å². The van der Waals surface area contributed by atoms with E-state index in [1.165, 1.54) is 16.8 Å². The maximum atomic E-state index is 5.58. The van der Waals surface area contributed by atoms with Crippen molar-refractivity contribution in [3.63, 3.8) is 0 Å². The summed E-state index contributed by atoms with van der Waals surface area (Å²) in [6.45, 7) is 12.4. The molecule has 2 heteroatoms. The van der Waals surface area contributed by atoms with Crippen LogP contribution in [0.5, 0.6) is 0 Å². The Bertz CT molecular complexity index is 432. The van der Waals surface area contributed by atoms with Gasteiger partial charge in [0.05, 0.1) is 20.3 Å². The summed E-state index contributed by atoms with van der Waals surface area (Å²) in [6, 6.07) is 12.1. The van der Waals surface area contributed by atoms with Crippen molar-refractivity contribution in [2.75, 3.05) is 6.61 Å². The van der Waals surface area contributed by atoms with Crippen molar-refractivity contribution in [2.45, 2.75) is 50.9 Å². The maximum absolute atomic E-state index is 5.58. The number of ether oxygens (including phenoxy) is 1. The summed E-state index contributed by atoms with van der Waals surface area (Å²) < 4.78 is 5.58. The smallest absolute Gasteiger partial charge is 0.0917 e. The number of epoxide rings is 1. The first-order valence-electron chi connectivity index (χ1n) is 7.34. The fourth-order valence-electron chi connectivity index (χ4n) is 2.74. The van der Waals surface area contributed by atoms with E-state index in [9.17, 15) is 0 Å². The Kier molecular flexibility index (Phi) is 4.31. The predicted octanol–water partition coefficient (Wildman–Crippen LogP) is 4.12. The molecule has 1 aromatic carbocycles. The molecule has 0 amide bonds. The van der Waals surface area contributed by atoms with Gasteiger partial charge in [0.1, 0.15) is 0 Å². The van der Waals surface area contributed by atoms with Crippen LogP contribution in [0.2, 0.25) is 19.1 Å². The predicted molar refractivity (Wildman–Crippen MR) is 85.7 cm³/mol. The summed E-state index contributed by atoms with van der Waals surface area (Å²) in [6.07, 6.45) is 3.42. The van der Waals surface area contributed by atoms with Crippen LogP contribution in [0.15, 0.2) is 42.5 Å². The molecule has 1 aromatic rings. The monoisotopic (exact) mass is 274 g/mol. The normalized spacial score (nSPS) is 22.3. The number of benzene rings is 1. The summed E-state index contributed by atoms with van der Waals surface area (Å²) >= 11 is 0. The Balaban J connectivity index is 1.87. The van der Waals surface area contributed by atoms with E-state index >= 15 is 0 Å². The third-order valence-corrected chi connectivity index (χ3v) is 7.66. The molecule has 0 aromatic heterocycles. The molecule has 1 saturated heterocycles. The largest absolute Gasteiger partial charge is 0.370 e. The van der Waals surface area contributed by atoms with Gasteiger partial charge in [0.25, 0.3) is 0 Å². The SMILES string of the molecule is C=C(CCC1(CC)CO1)C[Si](C)(C)c1ccccc1. The second-order valence-corrected chi connectivity index (χ2v) is 11.2. The van der Waals surface area contributed by atoms with Gasteiger partial charge in [0, 0.05) is 0 Å². The first-order valence-corrected chi connectivity index (χ1v) is 10.5. The lowest BCUT2D eigenvalue weighted by atomic mass is 9.99. The van der Waals surface area contributed by atoms with Crippen molar-refractivity contribution in [1.82, 2.24) is 0 Å². The molecule has 0 saturated carbocycles. The van der Waals surface area contributed by atoms with Gasteiger partial charge in [0.2, 0.25) is 0 Å². The lowest BCUT2D eigenvalue weighted by molar-refractivity contribution is 0.281. The van der Waals surface area contributed by atoms with Crippen LogP contribution in [-0.4, -0.2) is 20.3 Å². The molecule has 1 aliphatic rings. The molecule has 0 spiro atoms. The number of hydrogen-bond acceptors (Lipinski definition) is 1. The highest BCUT2D eigenvalue weighted by atomic mass is 28.3. The molecule has 0 radical (unpaired) electrons. The second-order valence-electron chi connectivity index (χ2n) is 6.50. The van der Waals surface area contributed by atoms with E-state index in [1.54, 1.807) is 0 Å². The van der Waals surface area contributed by atoms with Crippen molar-refractivity contribution in [3.05, 3.63) is 42.5 Å². The average molecular weight is 274 g/mol. The summed E-state index contributed by atoms with van der Waals surface area (Å²) in [5.74, 6) is 0. The fourth-order valence-corrected chi connectivity index (χ4v) is 5.46. The Hall–Kier alpha value is -0.863. The van der Waals surface area contributed by atoms with E-state index < -0.39 is 8.07 Å². The van der Waals surface area contributed by atoms with Crippen LogP contribution in [-0.2, 0) is 4.74 Å². The Morgan fingerprint density at radius 1 is 1.32 bits per heavy atom. The Morgan fingerprint density at radius 2 is 1.95 bits per heavy atom. The Labute approximate surface area is 118 Å². The molecule has 2 rings (SSSR count). The fraction of sp³-hybridized carbons (Fsp3) is 0.529. The minimum absolute atomic E-state index is 0.210. The molecule has 0 N–H and O–H groups in total. The molecule has 1 fully saturated rings. The van der Waals surface area contributed by atoms with Crippen LogP contribution in [0.4, 0.5) is 0 Å². The van der Waals surface area contributed by atoms with Crippen LogP contribution in [0.25, 0.3) is 0 Å². The zero-order chi connectivity index (χ0) is 13.9. The lowest BCUT2D eigenvalue weighted by Gasteiger charge is -2.24. The topological polar surface area (TPSA) is 12.5 Å². The molecule has 1 nitrogen and oxygen atoms in total. The van der Waals surface area contributed by atoms with Gasteiger partial charge in [-0.2, -0.15) is 0 Å². The van der Waals surface area contributed by atoms with Gasteiger partial charge >= 0.3 is 0 Å². The van der Waals surface area contributed by atoms with Crippen molar-refractivity contribution in [3.8, 4) is 0 Å². The van der Waals surface area contributed by atoms with Gasteiger partial charge in [-0.25, -0.2) is 0 Å². The van der Waals surface area contributed by atoms with Crippen LogP contribution in [0.3, 0.4) is 0 Å². The number of rotatable bonds is 7. The molecule has 104 valence electrons. The minimum Gasteiger partial charge on any atom is -0.370 e. The summed E-state index contributed by atoms with van der Waals surface area (Å²) in [5, 5.41) is 1.53. The molecule has 0 aliphatic carbocycles. The van der Waals surface area contributed by atoms with Crippen LogP contribution < -0.4 is 5.19 Å². The standard InChI is InChI=1S/C17H26OSi/c1-5-17(14-18-17)12-11-15(2)13-19(3,4)16-9-7-6-8-10-16/h6-10H,2,5,11-14H2,1,3-4H3. The molecule has 1 aliphatic heterocycles. The number of allylic oxidation sites excluding steroid dienone is 1. The molecule has 1 unspecified atom stereocenters. The molecule has 1 heterocycles. The Morgan fingerprint density at radius 3 is 2.47 bits per heavy atom. The molecule has 0 bridgehead atoms. The molecular formula is C17H26OSi. The highest BCUT2D eigenvalue weighted by molar-refractivity contribution is 6.90. The second kappa shape index (κ2) is 5.64. The van der Waals surface area contributed by atoms with E-state index in [0.717, 1.165) is 25.9 Å². The number of hydrogen-bond donors (Lipinski definition) is 0. The quantitative estimate of drug-likeness (QED) is 0.414. The van der Waals surface area contributed by atoms with Crippen molar-refractivity contribution in [1.29, 1.82) is 0 Å².